The number of likely N-dealkylation sites (N-methyl/N-ethyl adjacent to an activating group) is 1. The van der Waals surface area contributed by atoms with Crippen LogP contribution in [0.2, 0.25) is 0 Å². The second-order valence-electron chi connectivity index (χ2n) is 7.75. The molecule has 0 radical (unpaired) electrons. The highest BCUT2D eigenvalue weighted by molar-refractivity contribution is 5.93. The third kappa shape index (κ3) is 3.77. The van der Waals surface area contributed by atoms with Gasteiger partial charge in [-0.2, -0.15) is 5.10 Å². The van der Waals surface area contributed by atoms with Gasteiger partial charge in [0.1, 0.15) is 5.65 Å². The molecule has 4 rings (SSSR count). The van der Waals surface area contributed by atoms with Crippen molar-refractivity contribution in [1.29, 1.82) is 0 Å². The van der Waals surface area contributed by atoms with Gasteiger partial charge < -0.3 is 14.6 Å². The Morgan fingerprint density at radius 3 is 2.78 bits per heavy atom. The van der Waals surface area contributed by atoms with Gasteiger partial charge >= 0.3 is 0 Å². The lowest BCUT2D eigenvalue weighted by atomic mass is 9.81. The Labute approximate surface area is 160 Å². The molecule has 3 aromatic heterocycles. The van der Waals surface area contributed by atoms with E-state index in [0.717, 1.165) is 24.4 Å². The van der Waals surface area contributed by atoms with E-state index in [1.54, 1.807) is 7.11 Å². The molecule has 0 unspecified atom stereocenters. The number of hydrogen-bond donors (Lipinski definition) is 1. The number of aromatic nitrogens is 4. The number of hydrogen-bond acceptors (Lipinski definition) is 4. The number of pyridine rings is 1. The maximum absolute atomic E-state index is 5.22. The SMILES string of the molecule is COCCN(C)C1CCC(c2cnc3[nH]cc(-c4cnn(C)c4)c3c2)CC1. The number of aryl methyl sites for hydroxylation is 1. The maximum Gasteiger partial charge on any atom is 0.137 e. The molecule has 1 aliphatic carbocycles. The first kappa shape index (κ1) is 18.2. The van der Waals surface area contributed by atoms with E-state index in [0.29, 0.717) is 12.0 Å². The molecule has 0 spiro atoms. The Morgan fingerprint density at radius 2 is 2.07 bits per heavy atom. The fraction of sp³-hybridized carbons (Fsp3) is 0.524. The number of nitrogens with one attached hydrogen (secondary N) is 1. The molecular formula is C21H29N5O. The predicted octanol–water partition coefficient (Wildman–Crippen LogP) is 3.57. The highest BCUT2D eigenvalue weighted by atomic mass is 16.5. The monoisotopic (exact) mass is 367 g/mol. The van der Waals surface area contributed by atoms with Gasteiger partial charge in [0, 0.05) is 61.8 Å². The Hall–Kier alpha value is -2.18. The van der Waals surface area contributed by atoms with Gasteiger partial charge in [-0.3, -0.25) is 4.68 Å². The third-order valence-corrected chi connectivity index (χ3v) is 6.01. The van der Waals surface area contributed by atoms with Gasteiger partial charge in [0.15, 0.2) is 0 Å². The van der Waals surface area contributed by atoms with E-state index in [9.17, 15) is 0 Å². The molecule has 0 amide bonds. The van der Waals surface area contributed by atoms with Crippen LogP contribution in [0.4, 0.5) is 0 Å². The standard InChI is InChI=1S/C21H29N5O/c1-25(8-9-27-3)18-6-4-15(5-7-18)16-10-19-20(13-23-21(19)22-11-16)17-12-24-26(2)14-17/h10-15,18H,4-9H2,1-3H3,(H,22,23). The van der Waals surface area contributed by atoms with Crippen LogP contribution < -0.4 is 0 Å². The van der Waals surface area contributed by atoms with Crippen molar-refractivity contribution in [2.45, 2.75) is 37.6 Å². The van der Waals surface area contributed by atoms with Crippen LogP contribution in [-0.4, -0.2) is 58.0 Å². The van der Waals surface area contributed by atoms with Crippen molar-refractivity contribution < 1.29 is 4.74 Å². The van der Waals surface area contributed by atoms with E-state index in [1.807, 2.05) is 24.1 Å². The maximum atomic E-state index is 5.22. The van der Waals surface area contributed by atoms with E-state index >= 15 is 0 Å². The molecule has 0 bridgehead atoms. The van der Waals surface area contributed by atoms with Crippen molar-refractivity contribution in [2.75, 3.05) is 27.3 Å². The Morgan fingerprint density at radius 1 is 1.26 bits per heavy atom. The predicted molar refractivity (Wildman–Crippen MR) is 108 cm³/mol. The van der Waals surface area contributed by atoms with Crippen LogP contribution >= 0.6 is 0 Å². The first-order valence-corrected chi connectivity index (χ1v) is 9.81. The third-order valence-electron chi connectivity index (χ3n) is 6.01. The lowest BCUT2D eigenvalue weighted by Crippen LogP contribution is -2.36. The quantitative estimate of drug-likeness (QED) is 0.724. The molecule has 3 heterocycles. The first-order chi connectivity index (χ1) is 13.2. The lowest BCUT2D eigenvalue weighted by Gasteiger charge is -2.34. The molecule has 0 atom stereocenters. The van der Waals surface area contributed by atoms with Gasteiger partial charge in [-0.25, -0.2) is 4.98 Å². The second kappa shape index (κ2) is 7.82. The van der Waals surface area contributed by atoms with Crippen molar-refractivity contribution >= 4 is 11.0 Å². The molecular weight excluding hydrogens is 338 g/mol. The summed E-state index contributed by atoms with van der Waals surface area (Å²) in [5, 5.41) is 5.50. The van der Waals surface area contributed by atoms with E-state index in [-0.39, 0.29) is 0 Å². The number of H-pyrrole nitrogens is 1. The average molecular weight is 367 g/mol. The van der Waals surface area contributed by atoms with E-state index in [2.05, 4.69) is 40.5 Å². The molecule has 0 aliphatic heterocycles. The zero-order valence-electron chi connectivity index (χ0n) is 16.5. The molecule has 1 saturated carbocycles. The van der Waals surface area contributed by atoms with Gasteiger partial charge in [-0.15, -0.1) is 0 Å². The second-order valence-corrected chi connectivity index (χ2v) is 7.75. The molecule has 3 aromatic rings. The lowest BCUT2D eigenvalue weighted by molar-refractivity contribution is 0.120. The molecule has 1 fully saturated rings. The summed E-state index contributed by atoms with van der Waals surface area (Å²) < 4.78 is 7.06. The number of aromatic amines is 1. The summed E-state index contributed by atoms with van der Waals surface area (Å²) in [5.41, 5.74) is 4.63. The Bertz CT molecular complexity index is 891. The summed E-state index contributed by atoms with van der Waals surface area (Å²) in [5.74, 6) is 0.602. The Balaban J connectivity index is 1.50. The van der Waals surface area contributed by atoms with Crippen molar-refractivity contribution in [1.82, 2.24) is 24.6 Å². The molecule has 6 heteroatoms. The van der Waals surface area contributed by atoms with E-state index < -0.39 is 0 Å². The zero-order valence-corrected chi connectivity index (χ0v) is 16.5. The normalized spacial score (nSPS) is 20.6. The molecule has 27 heavy (non-hydrogen) atoms. The van der Waals surface area contributed by atoms with Crippen molar-refractivity contribution in [3.05, 3.63) is 36.4 Å². The summed E-state index contributed by atoms with van der Waals surface area (Å²) >= 11 is 0. The van der Waals surface area contributed by atoms with Gasteiger partial charge in [0.05, 0.1) is 12.8 Å². The Kier molecular flexibility index (Phi) is 5.27. The van der Waals surface area contributed by atoms with Crippen LogP contribution in [0.5, 0.6) is 0 Å². The topological polar surface area (TPSA) is 59.0 Å². The first-order valence-electron chi connectivity index (χ1n) is 9.81. The summed E-state index contributed by atoms with van der Waals surface area (Å²) in [4.78, 5) is 10.4. The average Bonchev–Trinajstić information content (AvgIpc) is 3.31. The number of methoxy groups -OCH3 is 1. The largest absolute Gasteiger partial charge is 0.383 e. The van der Waals surface area contributed by atoms with E-state index in [1.165, 1.54) is 42.2 Å². The minimum absolute atomic E-state index is 0.602. The number of rotatable bonds is 6. The van der Waals surface area contributed by atoms with E-state index in [4.69, 9.17) is 9.72 Å². The summed E-state index contributed by atoms with van der Waals surface area (Å²) in [6, 6.07) is 3.01. The van der Waals surface area contributed by atoms with Crippen LogP contribution in [0.25, 0.3) is 22.2 Å². The van der Waals surface area contributed by atoms with Crippen LogP contribution in [0, 0.1) is 0 Å². The molecule has 1 N–H and O–H groups in total. The molecule has 144 valence electrons. The minimum atomic E-state index is 0.602. The fourth-order valence-corrected chi connectivity index (χ4v) is 4.31. The van der Waals surface area contributed by atoms with Crippen LogP contribution in [0.15, 0.2) is 30.9 Å². The highest BCUT2D eigenvalue weighted by Crippen LogP contribution is 2.36. The molecule has 6 nitrogen and oxygen atoms in total. The molecule has 0 saturated heterocycles. The molecule has 0 aromatic carbocycles. The summed E-state index contributed by atoms with van der Waals surface area (Å²) in [6.45, 7) is 1.82. The van der Waals surface area contributed by atoms with Crippen LogP contribution in [-0.2, 0) is 11.8 Å². The smallest absolute Gasteiger partial charge is 0.137 e. The van der Waals surface area contributed by atoms with Gasteiger partial charge in [0.2, 0.25) is 0 Å². The van der Waals surface area contributed by atoms with Crippen LogP contribution in [0.1, 0.15) is 37.2 Å². The van der Waals surface area contributed by atoms with Gasteiger partial charge in [-0.1, -0.05) is 0 Å². The van der Waals surface area contributed by atoms with Crippen LogP contribution in [0.3, 0.4) is 0 Å². The van der Waals surface area contributed by atoms with Gasteiger partial charge in [-0.05, 0) is 50.3 Å². The number of ether oxygens (including phenoxy) is 1. The minimum Gasteiger partial charge on any atom is -0.383 e. The zero-order chi connectivity index (χ0) is 18.8. The summed E-state index contributed by atoms with van der Waals surface area (Å²) in [7, 11) is 5.94. The highest BCUT2D eigenvalue weighted by Gasteiger charge is 2.25. The fourth-order valence-electron chi connectivity index (χ4n) is 4.31. The molecule has 1 aliphatic rings. The van der Waals surface area contributed by atoms with Crippen molar-refractivity contribution in [3.8, 4) is 11.1 Å². The van der Waals surface area contributed by atoms with Crippen molar-refractivity contribution in [2.24, 2.45) is 7.05 Å². The van der Waals surface area contributed by atoms with Gasteiger partial charge in [0.25, 0.3) is 0 Å². The summed E-state index contributed by atoms with van der Waals surface area (Å²) in [6.07, 6.45) is 13.0. The van der Waals surface area contributed by atoms with Crippen molar-refractivity contribution in [3.63, 3.8) is 0 Å². The number of fused-ring (bicyclic) bond motifs is 1. The number of nitrogens with zero attached hydrogens (tertiary/aromatic N) is 4.